The molecule has 53 heavy (non-hydrogen) atoms. The smallest absolute Gasteiger partial charge is 0.0549 e. The molecule has 0 unspecified atom stereocenters. The van der Waals surface area contributed by atoms with Crippen LogP contribution < -0.4 is 0 Å². The van der Waals surface area contributed by atoms with Crippen LogP contribution in [0.4, 0.5) is 0 Å². The van der Waals surface area contributed by atoms with Gasteiger partial charge in [-0.25, -0.2) is 0 Å². The lowest BCUT2D eigenvalue weighted by Gasteiger charge is -2.42. The third kappa shape index (κ3) is 3.99. The Morgan fingerprint density at radius 3 is 1.83 bits per heavy atom. The molecule has 2 heterocycles. The van der Waals surface area contributed by atoms with Crippen molar-refractivity contribution in [3.05, 3.63) is 156 Å². The zero-order valence-corrected chi connectivity index (χ0v) is 31.5. The van der Waals surface area contributed by atoms with Crippen LogP contribution in [-0.2, 0) is 16.2 Å². The van der Waals surface area contributed by atoms with Crippen molar-refractivity contribution < 1.29 is 0 Å². The normalized spacial score (nSPS) is 16.8. The fraction of sp³-hybridized carbons (Fsp3) is 0.216. The van der Waals surface area contributed by atoms with Gasteiger partial charge >= 0.3 is 0 Å². The van der Waals surface area contributed by atoms with Crippen molar-refractivity contribution in [2.45, 2.75) is 70.6 Å². The topological polar surface area (TPSA) is 9.86 Å². The van der Waals surface area contributed by atoms with Crippen LogP contribution in [0.5, 0.6) is 0 Å². The summed E-state index contributed by atoms with van der Waals surface area (Å²) in [7, 11) is 0. The van der Waals surface area contributed by atoms with Crippen LogP contribution in [-0.4, -0.2) is 9.13 Å². The Labute approximate surface area is 311 Å². The minimum atomic E-state index is -0.148. The van der Waals surface area contributed by atoms with Gasteiger partial charge in [-0.3, -0.25) is 0 Å². The first-order valence-electron chi connectivity index (χ1n) is 19.3. The molecule has 0 aliphatic heterocycles. The van der Waals surface area contributed by atoms with Crippen molar-refractivity contribution in [2.24, 2.45) is 0 Å². The first-order valence-corrected chi connectivity index (χ1v) is 19.3. The maximum absolute atomic E-state index is 2.64. The van der Waals surface area contributed by atoms with Crippen LogP contribution in [0, 0.1) is 0 Å². The minimum Gasteiger partial charge on any atom is -0.309 e. The fourth-order valence-corrected chi connectivity index (χ4v) is 10.6. The van der Waals surface area contributed by atoms with Gasteiger partial charge in [0.05, 0.1) is 27.8 Å². The van der Waals surface area contributed by atoms with Crippen molar-refractivity contribution in [2.75, 3.05) is 0 Å². The number of rotatable bonds is 2. The molecule has 11 rings (SSSR count). The highest BCUT2D eigenvalue weighted by molar-refractivity contribution is 6.33. The molecule has 2 heteroatoms. The summed E-state index contributed by atoms with van der Waals surface area (Å²) < 4.78 is 5.14. The summed E-state index contributed by atoms with van der Waals surface area (Å²) in [4.78, 5) is 0. The molecule has 0 spiro atoms. The molecule has 2 aliphatic carbocycles. The summed E-state index contributed by atoms with van der Waals surface area (Å²) in [6.07, 6.45) is 2.37. The lowest BCUT2D eigenvalue weighted by atomic mass is 9.63. The maximum Gasteiger partial charge on any atom is 0.0549 e. The van der Waals surface area contributed by atoms with E-state index in [1.807, 2.05) is 0 Å². The number of hydrogen-bond donors (Lipinski definition) is 0. The van der Waals surface area contributed by atoms with Crippen molar-refractivity contribution in [3.63, 3.8) is 0 Å². The average molecular weight is 685 g/mol. The molecule has 0 fully saturated rings. The summed E-state index contributed by atoms with van der Waals surface area (Å²) in [5, 5.41) is 7.94. The van der Waals surface area contributed by atoms with Gasteiger partial charge in [-0.05, 0) is 116 Å². The predicted octanol–water partition coefficient (Wildman–Crippen LogP) is 13.7. The van der Waals surface area contributed by atoms with E-state index in [9.17, 15) is 0 Å². The third-order valence-corrected chi connectivity index (χ3v) is 13.3. The number of fused-ring (bicyclic) bond motifs is 13. The van der Waals surface area contributed by atoms with Crippen LogP contribution in [0.25, 0.3) is 76.9 Å². The van der Waals surface area contributed by atoms with Gasteiger partial charge in [0, 0.05) is 32.6 Å². The first kappa shape index (κ1) is 31.0. The molecule has 2 nitrogen and oxygen atoms in total. The van der Waals surface area contributed by atoms with Gasteiger partial charge in [0.2, 0.25) is 0 Å². The van der Waals surface area contributed by atoms with E-state index in [0.717, 1.165) is 0 Å². The van der Waals surface area contributed by atoms with E-state index in [4.69, 9.17) is 0 Å². The standard InChI is InChI=1S/C51H44N2/c1-49(2)27-28-50(3,4)39-30-44-36(29-38(39)49)46-41(53(44)43-22-14-20-35-34-19-12-13-21-37(34)51(5,6)48(35)43)25-26-42-47(46)45-33-18-11-10-15-31(33)23-24-40(45)52(42)32-16-8-7-9-17-32/h7-26,29-30H,27-28H2,1-6H3. The quantitative estimate of drug-likeness (QED) is 0.172. The largest absolute Gasteiger partial charge is 0.309 e. The second-order valence-electron chi connectivity index (χ2n) is 17.6. The summed E-state index contributed by atoms with van der Waals surface area (Å²) in [5.74, 6) is 0. The fourth-order valence-electron chi connectivity index (χ4n) is 10.6. The molecule has 7 aromatic carbocycles. The molecule has 0 atom stereocenters. The minimum absolute atomic E-state index is 0.0866. The number of aromatic nitrogens is 2. The summed E-state index contributed by atoms with van der Waals surface area (Å²) in [6.45, 7) is 14.7. The van der Waals surface area contributed by atoms with Crippen LogP contribution in [0.15, 0.2) is 133 Å². The summed E-state index contributed by atoms with van der Waals surface area (Å²) in [5.41, 5.74) is 16.1. The molecule has 0 radical (unpaired) electrons. The Balaban J connectivity index is 1.39. The van der Waals surface area contributed by atoms with Crippen molar-refractivity contribution in [3.8, 4) is 22.5 Å². The van der Waals surface area contributed by atoms with Gasteiger partial charge in [0.25, 0.3) is 0 Å². The molecule has 0 amide bonds. The van der Waals surface area contributed by atoms with Crippen molar-refractivity contribution in [1.29, 1.82) is 0 Å². The number of benzene rings is 7. The number of para-hydroxylation sites is 1. The molecule has 0 N–H and O–H groups in total. The van der Waals surface area contributed by atoms with E-state index in [1.165, 1.54) is 112 Å². The molecule has 0 saturated carbocycles. The van der Waals surface area contributed by atoms with Gasteiger partial charge in [-0.15, -0.1) is 0 Å². The Hall–Kier alpha value is -5.60. The van der Waals surface area contributed by atoms with Gasteiger partial charge in [0.15, 0.2) is 0 Å². The number of hydrogen-bond acceptors (Lipinski definition) is 0. The Morgan fingerprint density at radius 2 is 1.04 bits per heavy atom. The monoisotopic (exact) mass is 684 g/mol. The van der Waals surface area contributed by atoms with E-state index in [1.54, 1.807) is 0 Å². The van der Waals surface area contributed by atoms with Crippen LogP contribution in [0.3, 0.4) is 0 Å². The zero-order valence-electron chi connectivity index (χ0n) is 31.5. The van der Waals surface area contributed by atoms with Crippen LogP contribution in [0.1, 0.15) is 76.6 Å². The Bertz CT molecular complexity index is 3020. The highest BCUT2D eigenvalue weighted by Crippen LogP contribution is 2.54. The molecule has 0 saturated heterocycles. The molecule has 258 valence electrons. The highest BCUT2D eigenvalue weighted by atomic mass is 15.0. The highest BCUT2D eigenvalue weighted by Gasteiger charge is 2.40. The summed E-state index contributed by atoms with van der Waals surface area (Å²) in [6, 6.07) is 50.6. The lowest BCUT2D eigenvalue weighted by molar-refractivity contribution is 0.332. The molecule has 2 aromatic heterocycles. The second kappa shape index (κ2) is 10.3. The van der Waals surface area contributed by atoms with Gasteiger partial charge in [0.1, 0.15) is 0 Å². The number of nitrogens with zero attached hydrogens (tertiary/aromatic N) is 2. The lowest BCUT2D eigenvalue weighted by Crippen LogP contribution is -2.33. The van der Waals surface area contributed by atoms with Gasteiger partial charge in [-0.1, -0.05) is 126 Å². The van der Waals surface area contributed by atoms with Gasteiger partial charge < -0.3 is 9.13 Å². The van der Waals surface area contributed by atoms with Crippen molar-refractivity contribution >= 4 is 54.4 Å². The van der Waals surface area contributed by atoms with Gasteiger partial charge in [-0.2, -0.15) is 0 Å². The molecular formula is C51H44N2. The zero-order chi connectivity index (χ0) is 36.0. The second-order valence-corrected chi connectivity index (χ2v) is 17.6. The van der Waals surface area contributed by atoms with E-state index in [-0.39, 0.29) is 16.2 Å². The van der Waals surface area contributed by atoms with E-state index in [2.05, 4.69) is 184 Å². The molecular weight excluding hydrogens is 641 g/mol. The van der Waals surface area contributed by atoms with Crippen LogP contribution >= 0.6 is 0 Å². The maximum atomic E-state index is 2.64. The van der Waals surface area contributed by atoms with E-state index in [0.29, 0.717) is 0 Å². The third-order valence-electron chi connectivity index (χ3n) is 13.3. The average Bonchev–Trinajstić information content (AvgIpc) is 3.76. The Kier molecular flexibility index (Phi) is 6.01. The van der Waals surface area contributed by atoms with E-state index >= 15 is 0 Å². The molecule has 0 bridgehead atoms. The predicted molar refractivity (Wildman–Crippen MR) is 225 cm³/mol. The van der Waals surface area contributed by atoms with Crippen molar-refractivity contribution in [1.82, 2.24) is 9.13 Å². The summed E-state index contributed by atoms with van der Waals surface area (Å²) >= 11 is 0. The molecule has 9 aromatic rings. The SMILES string of the molecule is CC1(C)CCC(C)(C)c2cc3c(cc21)c1c2c4c5ccccc5ccc4n(-c4ccccc4)c2ccc1n3-c1cccc2c1C(C)(C)c1ccccc1-2. The molecule has 2 aliphatic rings. The van der Waals surface area contributed by atoms with E-state index < -0.39 is 0 Å². The first-order chi connectivity index (χ1) is 25.6. The Morgan fingerprint density at radius 1 is 0.434 bits per heavy atom. The van der Waals surface area contributed by atoms with Crippen LogP contribution in [0.2, 0.25) is 0 Å².